The highest BCUT2D eigenvalue weighted by Gasteiger charge is 2.11. The minimum atomic E-state index is 0.579. The lowest BCUT2D eigenvalue weighted by Crippen LogP contribution is -2.09. The maximum Gasteiger partial charge on any atom is 0.0649 e. The summed E-state index contributed by atoms with van der Waals surface area (Å²) < 4.78 is 0. The molecule has 0 atom stereocenters. The van der Waals surface area contributed by atoms with E-state index in [2.05, 4.69) is 9.88 Å². The van der Waals surface area contributed by atoms with Gasteiger partial charge in [-0.2, -0.15) is 0 Å². The van der Waals surface area contributed by atoms with Crippen LogP contribution in [0, 0.1) is 6.92 Å². The zero-order valence-corrected chi connectivity index (χ0v) is 10.4. The van der Waals surface area contributed by atoms with Gasteiger partial charge in [-0.25, -0.2) is 0 Å². The van der Waals surface area contributed by atoms with Gasteiger partial charge in [-0.1, -0.05) is 23.2 Å². The van der Waals surface area contributed by atoms with E-state index in [9.17, 15) is 0 Å². The van der Waals surface area contributed by atoms with Gasteiger partial charge in [0.2, 0.25) is 0 Å². The summed E-state index contributed by atoms with van der Waals surface area (Å²) in [5.74, 6) is 0. The minimum absolute atomic E-state index is 0.579. The summed E-state index contributed by atoms with van der Waals surface area (Å²) in [4.78, 5) is 5.36. The van der Waals surface area contributed by atoms with Crippen molar-refractivity contribution in [3.05, 3.63) is 27.9 Å². The molecule has 1 N–H and O–H groups in total. The van der Waals surface area contributed by atoms with Crippen molar-refractivity contribution >= 4 is 39.8 Å². The zero-order chi connectivity index (χ0) is 11.2. The van der Waals surface area contributed by atoms with Gasteiger partial charge < -0.3 is 9.88 Å². The highest BCUT2D eigenvalue weighted by molar-refractivity contribution is 6.42. The number of aromatic nitrogens is 1. The van der Waals surface area contributed by atoms with E-state index in [0.29, 0.717) is 10.0 Å². The second kappa shape index (κ2) is 3.62. The summed E-state index contributed by atoms with van der Waals surface area (Å²) in [5.41, 5.74) is 3.29. The average molecular weight is 243 g/mol. The second-order valence-corrected chi connectivity index (χ2v) is 4.62. The van der Waals surface area contributed by atoms with Gasteiger partial charge in [-0.3, -0.25) is 0 Å². The van der Waals surface area contributed by atoms with Crippen LogP contribution in [0.2, 0.25) is 10.0 Å². The Labute approximate surface area is 98.8 Å². The summed E-state index contributed by atoms with van der Waals surface area (Å²) in [6, 6.07) is 3.76. The smallest absolute Gasteiger partial charge is 0.0649 e. The lowest BCUT2D eigenvalue weighted by atomic mass is 10.2. The summed E-state index contributed by atoms with van der Waals surface area (Å²) in [5, 5.41) is 2.27. The van der Waals surface area contributed by atoms with Crippen molar-refractivity contribution in [3.63, 3.8) is 0 Å². The van der Waals surface area contributed by atoms with Crippen LogP contribution in [0.25, 0.3) is 10.9 Å². The van der Waals surface area contributed by atoms with Gasteiger partial charge in [0, 0.05) is 30.7 Å². The molecular formula is C11H12Cl2N2. The number of rotatable bonds is 1. The van der Waals surface area contributed by atoms with Crippen LogP contribution in [-0.2, 0) is 0 Å². The van der Waals surface area contributed by atoms with E-state index in [1.807, 2.05) is 33.2 Å². The molecule has 1 aromatic carbocycles. The molecule has 1 aromatic heterocycles. The van der Waals surface area contributed by atoms with Crippen molar-refractivity contribution in [3.8, 4) is 0 Å². The topological polar surface area (TPSA) is 19.0 Å². The van der Waals surface area contributed by atoms with E-state index in [0.717, 1.165) is 22.3 Å². The Morgan fingerprint density at radius 2 is 1.73 bits per heavy atom. The number of anilines is 1. The fourth-order valence-corrected chi connectivity index (χ4v) is 2.21. The first kappa shape index (κ1) is 10.7. The van der Waals surface area contributed by atoms with E-state index >= 15 is 0 Å². The molecule has 0 amide bonds. The van der Waals surface area contributed by atoms with Gasteiger partial charge in [0.1, 0.15) is 0 Å². The van der Waals surface area contributed by atoms with Gasteiger partial charge in [-0.15, -0.1) is 0 Å². The molecule has 2 rings (SSSR count). The SMILES string of the molecule is Cc1[nH]c2cc(Cl)c(Cl)cc2c1N(C)C. The molecule has 2 aromatic rings. The predicted molar refractivity (Wildman–Crippen MR) is 67.4 cm³/mol. The van der Waals surface area contributed by atoms with Crippen molar-refractivity contribution in [1.82, 2.24) is 4.98 Å². The quantitative estimate of drug-likeness (QED) is 0.805. The van der Waals surface area contributed by atoms with Crippen molar-refractivity contribution in [2.75, 3.05) is 19.0 Å². The Morgan fingerprint density at radius 1 is 1.13 bits per heavy atom. The van der Waals surface area contributed by atoms with E-state index in [1.54, 1.807) is 0 Å². The third-order valence-electron chi connectivity index (χ3n) is 2.44. The number of nitrogens with zero attached hydrogens (tertiary/aromatic N) is 1. The lowest BCUT2D eigenvalue weighted by molar-refractivity contribution is 1.11. The number of fused-ring (bicyclic) bond motifs is 1. The monoisotopic (exact) mass is 242 g/mol. The van der Waals surface area contributed by atoms with Gasteiger partial charge in [0.15, 0.2) is 0 Å². The highest BCUT2D eigenvalue weighted by atomic mass is 35.5. The summed E-state index contributed by atoms with van der Waals surface area (Å²) in [6.07, 6.45) is 0. The molecule has 2 nitrogen and oxygen atoms in total. The summed E-state index contributed by atoms with van der Waals surface area (Å²) in [6.45, 7) is 2.04. The van der Waals surface area contributed by atoms with Crippen molar-refractivity contribution in [2.24, 2.45) is 0 Å². The zero-order valence-electron chi connectivity index (χ0n) is 8.86. The van der Waals surface area contributed by atoms with Crippen molar-refractivity contribution in [2.45, 2.75) is 6.92 Å². The second-order valence-electron chi connectivity index (χ2n) is 3.80. The number of halogens is 2. The predicted octanol–water partition coefficient (Wildman–Crippen LogP) is 3.85. The molecule has 1 heterocycles. The number of benzene rings is 1. The van der Waals surface area contributed by atoms with Crippen LogP contribution in [0.15, 0.2) is 12.1 Å². The molecule has 0 bridgehead atoms. The van der Waals surface area contributed by atoms with Gasteiger partial charge in [-0.05, 0) is 19.1 Å². The number of hydrogen-bond donors (Lipinski definition) is 1. The Bertz CT molecular complexity index is 515. The van der Waals surface area contributed by atoms with Gasteiger partial charge in [0.25, 0.3) is 0 Å². The third kappa shape index (κ3) is 1.68. The molecular weight excluding hydrogens is 231 g/mol. The normalized spacial score (nSPS) is 11.0. The summed E-state index contributed by atoms with van der Waals surface area (Å²) in [7, 11) is 4.02. The number of hydrogen-bond acceptors (Lipinski definition) is 1. The third-order valence-corrected chi connectivity index (χ3v) is 3.16. The van der Waals surface area contributed by atoms with Crippen molar-refractivity contribution in [1.29, 1.82) is 0 Å². The standard InChI is InChI=1S/C11H12Cl2N2/c1-6-11(15(2)3)7-4-8(12)9(13)5-10(7)14-6/h4-5,14H,1-3H3. The first-order chi connectivity index (χ1) is 7.00. The van der Waals surface area contributed by atoms with Crippen LogP contribution in [0.3, 0.4) is 0 Å². The van der Waals surface area contributed by atoms with E-state index < -0.39 is 0 Å². The maximum absolute atomic E-state index is 6.01. The maximum atomic E-state index is 6.01. The Hall–Kier alpha value is -0.860. The molecule has 0 radical (unpaired) electrons. The first-order valence-electron chi connectivity index (χ1n) is 4.65. The molecule has 4 heteroatoms. The van der Waals surface area contributed by atoms with Crippen LogP contribution in [-0.4, -0.2) is 19.1 Å². The van der Waals surface area contributed by atoms with Gasteiger partial charge in [0.05, 0.1) is 15.7 Å². The molecule has 0 spiro atoms. The molecule has 15 heavy (non-hydrogen) atoms. The first-order valence-corrected chi connectivity index (χ1v) is 5.41. The van der Waals surface area contributed by atoms with E-state index in [1.165, 1.54) is 0 Å². The molecule has 0 saturated heterocycles. The molecule has 0 aliphatic heterocycles. The van der Waals surface area contributed by atoms with Crippen LogP contribution < -0.4 is 4.90 Å². The molecule has 0 aliphatic rings. The van der Waals surface area contributed by atoms with Crippen LogP contribution in [0.5, 0.6) is 0 Å². The Kier molecular flexibility index (Phi) is 2.57. The lowest BCUT2D eigenvalue weighted by Gasteiger charge is -2.12. The number of aryl methyl sites for hydroxylation is 1. The fraction of sp³-hybridized carbons (Fsp3) is 0.273. The Balaban J connectivity index is 2.81. The summed E-state index contributed by atoms with van der Waals surface area (Å²) >= 11 is 12.0. The minimum Gasteiger partial charge on any atom is -0.376 e. The fourth-order valence-electron chi connectivity index (χ4n) is 1.89. The van der Waals surface area contributed by atoms with E-state index in [4.69, 9.17) is 23.2 Å². The molecule has 0 fully saturated rings. The molecule has 0 unspecified atom stereocenters. The van der Waals surface area contributed by atoms with Crippen molar-refractivity contribution < 1.29 is 0 Å². The average Bonchev–Trinajstić information content (AvgIpc) is 2.41. The van der Waals surface area contributed by atoms with Crippen LogP contribution in [0.1, 0.15) is 5.69 Å². The van der Waals surface area contributed by atoms with E-state index in [-0.39, 0.29) is 0 Å². The number of aromatic amines is 1. The molecule has 0 saturated carbocycles. The number of nitrogens with one attached hydrogen (secondary N) is 1. The number of H-pyrrole nitrogens is 1. The molecule has 80 valence electrons. The molecule has 0 aliphatic carbocycles. The highest BCUT2D eigenvalue weighted by Crippen LogP contribution is 2.34. The van der Waals surface area contributed by atoms with Gasteiger partial charge >= 0.3 is 0 Å². The van der Waals surface area contributed by atoms with Crippen LogP contribution in [0.4, 0.5) is 5.69 Å². The van der Waals surface area contributed by atoms with Crippen LogP contribution >= 0.6 is 23.2 Å². The largest absolute Gasteiger partial charge is 0.376 e. The Morgan fingerprint density at radius 3 is 2.33 bits per heavy atom.